The fourth-order valence-corrected chi connectivity index (χ4v) is 7.29. The molecule has 2 heteroatoms. The number of benzene rings is 4. The minimum absolute atomic E-state index is 1.12. The van der Waals surface area contributed by atoms with Crippen LogP contribution in [0.25, 0.3) is 0 Å². The van der Waals surface area contributed by atoms with Crippen molar-refractivity contribution < 1.29 is 0 Å². The van der Waals surface area contributed by atoms with Gasteiger partial charge in [-0.05, 0) is 21.1 Å². The summed E-state index contributed by atoms with van der Waals surface area (Å²) in [4.78, 5) is 0. The quantitative estimate of drug-likeness (QED) is 0.291. The maximum Gasteiger partial charge on any atom is 0.273 e. The second-order valence-corrected chi connectivity index (χ2v) is 9.89. The fourth-order valence-electron chi connectivity index (χ4n) is 3.47. The van der Waals surface area contributed by atoms with E-state index in [1.807, 2.05) is 12.3 Å². The Morgan fingerprint density at radius 1 is 0.444 bits per heavy atom. The summed E-state index contributed by atoms with van der Waals surface area (Å²) in [5.41, 5.74) is 1.12. The molecular weight excluding hydrogens is 342 g/mol. The van der Waals surface area contributed by atoms with Gasteiger partial charge in [-0.15, -0.1) is 0 Å². The fraction of sp³-hybridized carbons (Fsp3) is 0. The van der Waals surface area contributed by atoms with E-state index in [1.54, 1.807) is 0 Å². The Bertz CT molecular complexity index is 900. The summed E-state index contributed by atoms with van der Waals surface area (Å²) < 4.78 is 5.35. The minimum Gasteiger partial charge on any atom is -0.311 e. The summed E-state index contributed by atoms with van der Waals surface area (Å²) in [5, 5.41) is 3.86. The lowest BCUT2D eigenvalue weighted by molar-refractivity contribution is 1.59. The molecule has 4 aromatic carbocycles. The van der Waals surface area contributed by atoms with Gasteiger partial charge in [0.15, 0.2) is 0 Å². The molecule has 0 N–H and O–H groups in total. The highest BCUT2D eigenvalue weighted by Crippen LogP contribution is 2.10. The van der Waals surface area contributed by atoms with Crippen molar-refractivity contribution in [2.45, 2.75) is 0 Å². The van der Waals surface area contributed by atoms with Gasteiger partial charge in [0.1, 0.15) is 0 Å². The van der Waals surface area contributed by atoms with E-state index in [0.717, 1.165) is 5.56 Å². The molecular formula is C25H21NSi. The van der Waals surface area contributed by atoms with E-state index in [1.165, 1.54) is 15.6 Å². The van der Waals surface area contributed by atoms with Gasteiger partial charge in [-0.3, -0.25) is 0 Å². The highest BCUT2D eigenvalue weighted by atomic mass is 28.3. The van der Waals surface area contributed by atoms with Crippen LogP contribution in [0.3, 0.4) is 0 Å². The first-order chi connectivity index (χ1) is 13.4. The molecule has 130 valence electrons. The van der Waals surface area contributed by atoms with Gasteiger partial charge < -0.3 is 4.66 Å². The van der Waals surface area contributed by atoms with Gasteiger partial charge in [0.25, 0.3) is 8.24 Å². The van der Waals surface area contributed by atoms with Gasteiger partial charge in [-0.1, -0.05) is 121 Å². The largest absolute Gasteiger partial charge is 0.311 e. The van der Waals surface area contributed by atoms with Crippen LogP contribution in [-0.4, -0.2) is 14.5 Å². The number of hydrogen-bond donors (Lipinski definition) is 0. The summed E-state index contributed by atoms with van der Waals surface area (Å²) in [5.74, 6) is 0. The van der Waals surface area contributed by atoms with Crippen molar-refractivity contribution in [3.63, 3.8) is 0 Å². The van der Waals surface area contributed by atoms with Crippen LogP contribution in [0, 0.1) is 0 Å². The molecule has 4 rings (SSSR count). The normalized spacial score (nSPS) is 11.6. The average molecular weight is 364 g/mol. The van der Waals surface area contributed by atoms with E-state index in [-0.39, 0.29) is 0 Å². The highest BCUT2D eigenvalue weighted by molar-refractivity contribution is 7.10. The second kappa shape index (κ2) is 7.98. The zero-order chi connectivity index (χ0) is 18.4. The molecule has 4 aromatic rings. The van der Waals surface area contributed by atoms with E-state index < -0.39 is 8.24 Å². The molecule has 0 radical (unpaired) electrons. The van der Waals surface area contributed by atoms with Crippen molar-refractivity contribution in [3.8, 4) is 0 Å². The number of nitrogens with zero attached hydrogens (tertiary/aromatic N) is 1. The van der Waals surface area contributed by atoms with Crippen LogP contribution in [0.4, 0.5) is 0 Å². The molecule has 0 saturated carbocycles. The third-order valence-corrected chi connectivity index (χ3v) is 8.80. The Morgan fingerprint density at radius 3 is 1.15 bits per heavy atom. The van der Waals surface area contributed by atoms with Crippen LogP contribution in [0.5, 0.6) is 0 Å². The Kier molecular flexibility index (Phi) is 5.08. The van der Waals surface area contributed by atoms with Crippen LogP contribution >= 0.6 is 0 Å². The molecule has 0 aliphatic heterocycles. The van der Waals surface area contributed by atoms with Gasteiger partial charge >= 0.3 is 0 Å². The van der Waals surface area contributed by atoms with Crippen LogP contribution in [0.1, 0.15) is 5.56 Å². The smallest absolute Gasteiger partial charge is 0.273 e. The Morgan fingerprint density at radius 2 is 0.778 bits per heavy atom. The average Bonchev–Trinajstić information content (AvgIpc) is 2.77. The highest BCUT2D eigenvalue weighted by Gasteiger charge is 2.39. The van der Waals surface area contributed by atoms with Crippen molar-refractivity contribution in [3.05, 3.63) is 127 Å². The van der Waals surface area contributed by atoms with Crippen molar-refractivity contribution >= 4 is 30.0 Å². The van der Waals surface area contributed by atoms with Crippen molar-refractivity contribution in [2.24, 2.45) is 4.66 Å². The lowest BCUT2D eigenvalue weighted by Crippen LogP contribution is -2.66. The van der Waals surface area contributed by atoms with E-state index in [2.05, 4.69) is 115 Å². The van der Waals surface area contributed by atoms with Crippen molar-refractivity contribution in [1.29, 1.82) is 0 Å². The van der Waals surface area contributed by atoms with Gasteiger partial charge in [-0.25, -0.2) is 0 Å². The molecule has 1 nitrogen and oxygen atoms in total. The number of rotatable bonds is 5. The Labute approximate surface area is 161 Å². The minimum atomic E-state index is -2.54. The first-order valence-electron chi connectivity index (χ1n) is 9.16. The molecule has 27 heavy (non-hydrogen) atoms. The molecule has 0 fully saturated rings. The molecule has 0 heterocycles. The third kappa shape index (κ3) is 3.53. The van der Waals surface area contributed by atoms with Gasteiger partial charge in [0.05, 0.1) is 0 Å². The lowest BCUT2D eigenvalue weighted by Gasteiger charge is -2.29. The molecule has 0 aromatic heterocycles. The van der Waals surface area contributed by atoms with E-state index in [4.69, 9.17) is 4.66 Å². The maximum atomic E-state index is 5.35. The standard InChI is InChI=1S/C25H21NSi/c1-5-13-22(14-6-1)21-26-27(23-15-7-2-8-16-23,24-17-9-3-10-18-24)25-19-11-4-12-20-25/h1-21H/b26-21+. The molecule has 0 amide bonds. The predicted molar refractivity (Wildman–Crippen MR) is 118 cm³/mol. The van der Waals surface area contributed by atoms with E-state index in [9.17, 15) is 0 Å². The third-order valence-electron chi connectivity index (χ3n) is 4.78. The maximum absolute atomic E-state index is 5.35. The zero-order valence-electron chi connectivity index (χ0n) is 15.1. The molecule has 0 atom stereocenters. The van der Waals surface area contributed by atoms with Gasteiger partial charge in [0, 0.05) is 6.21 Å². The summed E-state index contributed by atoms with van der Waals surface area (Å²) in [7, 11) is -2.54. The van der Waals surface area contributed by atoms with Crippen LogP contribution < -0.4 is 15.6 Å². The molecule has 0 aliphatic rings. The molecule has 0 unspecified atom stereocenters. The summed E-state index contributed by atoms with van der Waals surface area (Å²) in [6.45, 7) is 0. The first kappa shape index (κ1) is 17.2. The second-order valence-electron chi connectivity index (χ2n) is 6.48. The van der Waals surface area contributed by atoms with Crippen LogP contribution in [0.2, 0.25) is 0 Å². The summed E-state index contributed by atoms with van der Waals surface area (Å²) >= 11 is 0. The van der Waals surface area contributed by atoms with E-state index >= 15 is 0 Å². The topological polar surface area (TPSA) is 12.4 Å². The molecule has 0 aliphatic carbocycles. The monoisotopic (exact) mass is 363 g/mol. The molecule has 0 spiro atoms. The predicted octanol–water partition coefficient (Wildman–Crippen LogP) is 3.77. The zero-order valence-corrected chi connectivity index (χ0v) is 16.1. The SMILES string of the molecule is C(=N\[Si](c1ccccc1)(c1ccccc1)c1ccccc1)/c1ccccc1. The Balaban J connectivity index is 1.99. The van der Waals surface area contributed by atoms with Gasteiger partial charge in [0.2, 0.25) is 0 Å². The molecule has 0 bridgehead atoms. The summed E-state index contributed by atoms with van der Waals surface area (Å²) in [6.07, 6.45) is 2.04. The van der Waals surface area contributed by atoms with Crippen LogP contribution in [-0.2, 0) is 0 Å². The first-order valence-corrected chi connectivity index (χ1v) is 11.1. The molecule has 0 saturated heterocycles. The van der Waals surface area contributed by atoms with Crippen molar-refractivity contribution in [1.82, 2.24) is 0 Å². The van der Waals surface area contributed by atoms with E-state index in [0.29, 0.717) is 0 Å². The lowest BCUT2D eigenvalue weighted by atomic mass is 10.2. The summed E-state index contributed by atoms with van der Waals surface area (Å²) in [6, 6.07) is 42.5. The number of hydrogen-bond acceptors (Lipinski definition) is 1. The van der Waals surface area contributed by atoms with Gasteiger partial charge in [-0.2, -0.15) is 0 Å². The van der Waals surface area contributed by atoms with Crippen molar-refractivity contribution in [2.75, 3.05) is 0 Å². The van der Waals surface area contributed by atoms with Crippen LogP contribution in [0.15, 0.2) is 126 Å². The Hall–Kier alpha value is -3.23.